The Morgan fingerprint density at radius 3 is 2.88 bits per heavy atom. The fourth-order valence-electron chi connectivity index (χ4n) is 4.00. The SMILES string of the molecule is C[C@@]1(C(=O)Nc2ccc(F)nc2)CCCN1c1nc(Nc2cc(C(N)=O)[nH]n2)c2cccn2n1. The molecule has 0 aliphatic carbocycles. The zero-order valence-electron chi connectivity index (χ0n) is 18.1. The van der Waals surface area contributed by atoms with Crippen LogP contribution in [0.1, 0.15) is 30.3 Å². The molecule has 1 saturated heterocycles. The predicted octanol–water partition coefficient (Wildman–Crippen LogP) is 1.83. The van der Waals surface area contributed by atoms with E-state index in [4.69, 9.17) is 5.73 Å². The number of anilines is 4. The summed E-state index contributed by atoms with van der Waals surface area (Å²) in [6.45, 7) is 2.38. The maximum Gasteiger partial charge on any atom is 0.266 e. The normalized spacial score (nSPS) is 17.8. The summed E-state index contributed by atoms with van der Waals surface area (Å²) >= 11 is 0. The van der Waals surface area contributed by atoms with Gasteiger partial charge in [-0.2, -0.15) is 14.5 Å². The van der Waals surface area contributed by atoms with Crippen molar-refractivity contribution in [3.05, 3.63) is 54.4 Å². The van der Waals surface area contributed by atoms with Gasteiger partial charge in [0.25, 0.3) is 5.91 Å². The number of hydrogen-bond acceptors (Lipinski definition) is 8. The molecule has 5 heterocycles. The summed E-state index contributed by atoms with van der Waals surface area (Å²) in [5.41, 5.74) is 5.57. The van der Waals surface area contributed by atoms with E-state index in [1.165, 1.54) is 24.4 Å². The van der Waals surface area contributed by atoms with Crippen LogP contribution in [0.4, 0.5) is 27.7 Å². The number of nitrogens with zero attached hydrogens (tertiary/aromatic N) is 6. The Balaban J connectivity index is 1.47. The molecule has 0 radical (unpaired) electrons. The van der Waals surface area contributed by atoms with Crippen LogP contribution < -0.4 is 21.3 Å². The van der Waals surface area contributed by atoms with E-state index in [0.717, 1.165) is 6.42 Å². The van der Waals surface area contributed by atoms with E-state index in [-0.39, 0.29) is 11.6 Å². The van der Waals surface area contributed by atoms with Gasteiger partial charge in [-0.3, -0.25) is 14.7 Å². The van der Waals surface area contributed by atoms with Crippen molar-refractivity contribution in [2.75, 3.05) is 22.1 Å². The molecule has 5 rings (SSSR count). The molecule has 5 N–H and O–H groups in total. The molecule has 1 aliphatic heterocycles. The molecule has 4 aromatic rings. The largest absolute Gasteiger partial charge is 0.364 e. The molecule has 1 aliphatic rings. The lowest BCUT2D eigenvalue weighted by Gasteiger charge is -2.34. The van der Waals surface area contributed by atoms with Gasteiger partial charge in [0.05, 0.1) is 11.9 Å². The standard InChI is InChI=1S/C21H21FN10O2/c1-21(19(34)25-12-5-6-15(22)24-11-12)7-3-8-31(21)20-27-18(14-4-2-9-32(14)30-20)26-16-10-13(17(23)33)28-29-16/h2,4-6,9-11H,3,7-8H2,1H3,(H2,23,33)(H,25,34)(H2,26,27,28,29,30)/t21-/m0/s1. The van der Waals surface area contributed by atoms with Crippen molar-refractivity contribution in [2.45, 2.75) is 25.3 Å². The Kier molecular flexibility index (Phi) is 5.07. The maximum atomic E-state index is 13.3. The highest BCUT2D eigenvalue weighted by atomic mass is 19.1. The number of aromatic nitrogens is 6. The van der Waals surface area contributed by atoms with Crippen molar-refractivity contribution >= 4 is 40.6 Å². The third-order valence-corrected chi connectivity index (χ3v) is 5.83. The van der Waals surface area contributed by atoms with Crippen molar-refractivity contribution in [3.8, 4) is 0 Å². The zero-order chi connectivity index (χ0) is 23.9. The minimum Gasteiger partial charge on any atom is -0.364 e. The molecule has 0 aromatic carbocycles. The lowest BCUT2D eigenvalue weighted by molar-refractivity contribution is -0.120. The van der Waals surface area contributed by atoms with Gasteiger partial charge in [-0.15, -0.1) is 5.10 Å². The number of rotatable bonds is 6. The van der Waals surface area contributed by atoms with Crippen molar-refractivity contribution in [3.63, 3.8) is 0 Å². The van der Waals surface area contributed by atoms with Crippen LogP contribution in [0.2, 0.25) is 0 Å². The Labute approximate surface area is 192 Å². The van der Waals surface area contributed by atoms with Crippen LogP contribution >= 0.6 is 0 Å². The van der Waals surface area contributed by atoms with Gasteiger partial charge in [-0.1, -0.05) is 0 Å². The second kappa shape index (κ2) is 8.10. The molecule has 1 fully saturated rings. The second-order valence-corrected chi connectivity index (χ2v) is 8.11. The van der Waals surface area contributed by atoms with Crippen LogP contribution in [0.5, 0.6) is 0 Å². The van der Waals surface area contributed by atoms with Gasteiger partial charge < -0.3 is 21.3 Å². The van der Waals surface area contributed by atoms with Crippen LogP contribution in [0.15, 0.2) is 42.7 Å². The molecular formula is C21H21FN10O2. The molecule has 0 spiro atoms. The smallest absolute Gasteiger partial charge is 0.266 e. The minimum atomic E-state index is -0.946. The topological polar surface area (TPSA) is 159 Å². The number of hydrogen-bond donors (Lipinski definition) is 4. The van der Waals surface area contributed by atoms with E-state index < -0.39 is 17.4 Å². The van der Waals surface area contributed by atoms with Crippen molar-refractivity contribution in [2.24, 2.45) is 5.73 Å². The summed E-state index contributed by atoms with van der Waals surface area (Å²) in [4.78, 5) is 34.7. The number of primary amides is 1. The predicted molar refractivity (Wildman–Crippen MR) is 121 cm³/mol. The number of nitrogens with two attached hydrogens (primary N) is 1. The maximum absolute atomic E-state index is 13.3. The molecule has 174 valence electrons. The highest BCUT2D eigenvalue weighted by Crippen LogP contribution is 2.34. The number of carbonyl (C=O) groups is 2. The third-order valence-electron chi connectivity index (χ3n) is 5.83. The molecule has 0 unspecified atom stereocenters. The van der Waals surface area contributed by atoms with Gasteiger partial charge in [0.15, 0.2) is 11.6 Å². The Bertz CT molecular complexity index is 1380. The summed E-state index contributed by atoms with van der Waals surface area (Å²) in [7, 11) is 0. The number of nitrogens with one attached hydrogen (secondary N) is 3. The van der Waals surface area contributed by atoms with E-state index in [1.807, 2.05) is 24.0 Å². The quantitative estimate of drug-likeness (QED) is 0.315. The first kappa shape index (κ1) is 21.3. The lowest BCUT2D eigenvalue weighted by Crippen LogP contribution is -2.51. The molecule has 12 nitrogen and oxygen atoms in total. The van der Waals surface area contributed by atoms with Gasteiger partial charge in [-0.05, 0) is 44.0 Å². The number of amides is 2. The van der Waals surface area contributed by atoms with Crippen molar-refractivity contribution in [1.82, 2.24) is 29.8 Å². The molecule has 0 bridgehead atoms. The number of aromatic amines is 1. The number of carbonyl (C=O) groups excluding carboxylic acids is 2. The van der Waals surface area contributed by atoms with Gasteiger partial charge in [-0.25, -0.2) is 9.50 Å². The second-order valence-electron chi connectivity index (χ2n) is 8.11. The van der Waals surface area contributed by atoms with Gasteiger partial charge in [0, 0.05) is 18.8 Å². The number of halogens is 1. The first-order valence-electron chi connectivity index (χ1n) is 10.5. The molecule has 34 heavy (non-hydrogen) atoms. The summed E-state index contributed by atoms with van der Waals surface area (Å²) in [6.07, 6.45) is 4.36. The number of pyridine rings is 1. The molecular weight excluding hydrogens is 443 g/mol. The van der Waals surface area contributed by atoms with Crippen molar-refractivity contribution < 1.29 is 14.0 Å². The van der Waals surface area contributed by atoms with Crippen LogP contribution in [0.25, 0.3) is 5.52 Å². The Hall–Kier alpha value is -4.55. The first-order chi connectivity index (χ1) is 16.3. The highest BCUT2D eigenvalue weighted by Gasteiger charge is 2.45. The van der Waals surface area contributed by atoms with Crippen LogP contribution in [-0.2, 0) is 4.79 Å². The monoisotopic (exact) mass is 464 g/mol. The van der Waals surface area contributed by atoms with Crippen molar-refractivity contribution in [1.29, 1.82) is 0 Å². The molecule has 13 heteroatoms. The summed E-state index contributed by atoms with van der Waals surface area (Å²) in [5.74, 6) is -0.402. The van der Waals surface area contributed by atoms with Crippen LogP contribution in [-0.4, -0.2) is 53.7 Å². The lowest BCUT2D eigenvalue weighted by atomic mass is 9.97. The summed E-state index contributed by atoms with van der Waals surface area (Å²) in [5, 5.41) is 17.1. The first-order valence-corrected chi connectivity index (χ1v) is 10.5. The van der Waals surface area contributed by atoms with E-state index in [9.17, 15) is 14.0 Å². The van der Waals surface area contributed by atoms with Crippen LogP contribution in [0.3, 0.4) is 0 Å². The number of H-pyrrole nitrogens is 1. The zero-order valence-corrected chi connectivity index (χ0v) is 18.1. The molecule has 0 saturated carbocycles. The average Bonchev–Trinajstić information content (AvgIpc) is 3.55. The van der Waals surface area contributed by atoms with Gasteiger partial charge in [0.2, 0.25) is 17.8 Å². The van der Waals surface area contributed by atoms with Crippen LogP contribution in [0, 0.1) is 5.95 Å². The Morgan fingerprint density at radius 2 is 2.15 bits per heavy atom. The van der Waals surface area contributed by atoms with E-state index in [0.29, 0.717) is 41.8 Å². The summed E-state index contributed by atoms with van der Waals surface area (Å²) < 4.78 is 14.8. The highest BCUT2D eigenvalue weighted by molar-refractivity contribution is 6.00. The third kappa shape index (κ3) is 3.76. The van der Waals surface area contributed by atoms with E-state index in [2.05, 4.69) is 35.9 Å². The average molecular weight is 464 g/mol. The Morgan fingerprint density at radius 1 is 1.29 bits per heavy atom. The fraction of sp³-hybridized carbons (Fsp3) is 0.238. The minimum absolute atomic E-state index is 0.155. The van der Waals surface area contributed by atoms with Gasteiger partial charge in [0.1, 0.15) is 16.7 Å². The molecule has 1 atom stereocenters. The number of fused-ring (bicyclic) bond motifs is 1. The summed E-state index contributed by atoms with van der Waals surface area (Å²) in [6, 6.07) is 7.76. The van der Waals surface area contributed by atoms with E-state index in [1.54, 1.807) is 10.7 Å². The molecule has 4 aromatic heterocycles. The van der Waals surface area contributed by atoms with E-state index >= 15 is 0 Å². The fourth-order valence-corrected chi connectivity index (χ4v) is 4.00. The molecule has 2 amide bonds. The van der Waals surface area contributed by atoms with Gasteiger partial charge >= 0.3 is 0 Å².